The normalized spacial score (nSPS) is 13.8. The van der Waals surface area contributed by atoms with Crippen molar-refractivity contribution in [3.05, 3.63) is 64.3 Å². The number of amides is 2. The van der Waals surface area contributed by atoms with Crippen LogP contribution in [0.3, 0.4) is 0 Å². The summed E-state index contributed by atoms with van der Waals surface area (Å²) in [6, 6.07) is 11.8. The number of aromatic nitrogens is 1. The number of aryl methyl sites for hydroxylation is 2. The predicted molar refractivity (Wildman–Crippen MR) is 102 cm³/mol. The molecule has 0 radical (unpaired) electrons. The van der Waals surface area contributed by atoms with E-state index in [0.717, 1.165) is 17.7 Å². The minimum Gasteiger partial charge on any atom is -0.350 e. The van der Waals surface area contributed by atoms with E-state index in [1.165, 1.54) is 22.0 Å². The minimum atomic E-state index is -0.0862. The van der Waals surface area contributed by atoms with Gasteiger partial charge >= 0.3 is 6.03 Å². The molecule has 0 bridgehead atoms. The standard InChI is InChI=1S/C20H20ClN3O/c1-13-6-7-16(21)10-17(13)22-20(25)24-9-8-15-11-23(2)18-5-3-4-14(12-24)19(15)18/h3-7,10-11H,8-9,12H2,1-2H3,(H,22,25). The first kappa shape index (κ1) is 16.0. The lowest BCUT2D eigenvalue weighted by Gasteiger charge is -2.22. The zero-order valence-electron chi connectivity index (χ0n) is 14.3. The Morgan fingerprint density at radius 2 is 2.04 bits per heavy atom. The summed E-state index contributed by atoms with van der Waals surface area (Å²) in [5, 5.41) is 4.92. The van der Waals surface area contributed by atoms with Gasteiger partial charge in [-0.05, 0) is 48.2 Å². The number of benzene rings is 2. The number of hydrogen-bond acceptors (Lipinski definition) is 1. The molecule has 1 N–H and O–H groups in total. The van der Waals surface area contributed by atoms with Crippen LogP contribution in [0, 0.1) is 6.92 Å². The molecule has 2 heterocycles. The van der Waals surface area contributed by atoms with E-state index in [1.807, 2.05) is 24.0 Å². The molecule has 0 atom stereocenters. The first-order valence-corrected chi connectivity index (χ1v) is 8.78. The molecule has 25 heavy (non-hydrogen) atoms. The van der Waals surface area contributed by atoms with E-state index in [4.69, 9.17) is 11.6 Å². The fourth-order valence-corrected chi connectivity index (χ4v) is 3.75. The summed E-state index contributed by atoms with van der Waals surface area (Å²) in [5.41, 5.74) is 5.49. The first-order valence-electron chi connectivity index (χ1n) is 8.41. The van der Waals surface area contributed by atoms with Crippen molar-refractivity contribution in [2.75, 3.05) is 11.9 Å². The number of halogens is 1. The zero-order chi connectivity index (χ0) is 17.6. The molecule has 1 aliphatic heterocycles. The number of nitrogens with zero attached hydrogens (tertiary/aromatic N) is 2. The van der Waals surface area contributed by atoms with Gasteiger partial charge in [0.15, 0.2) is 0 Å². The molecule has 0 fully saturated rings. The number of carbonyl (C=O) groups excluding carboxylic acids is 1. The Morgan fingerprint density at radius 3 is 2.88 bits per heavy atom. The number of hydrogen-bond donors (Lipinski definition) is 1. The molecule has 0 spiro atoms. The first-order chi connectivity index (χ1) is 12.0. The van der Waals surface area contributed by atoms with Gasteiger partial charge in [0.05, 0.1) is 0 Å². The molecule has 128 valence electrons. The lowest BCUT2D eigenvalue weighted by atomic mass is 10.1. The molecular weight excluding hydrogens is 334 g/mol. The van der Waals surface area contributed by atoms with Gasteiger partial charge in [-0.3, -0.25) is 0 Å². The summed E-state index contributed by atoms with van der Waals surface area (Å²) in [4.78, 5) is 14.7. The molecular formula is C20H20ClN3O. The summed E-state index contributed by atoms with van der Waals surface area (Å²) in [6.45, 7) is 3.27. The summed E-state index contributed by atoms with van der Waals surface area (Å²) in [6.07, 6.45) is 3.03. The predicted octanol–water partition coefficient (Wildman–Crippen LogP) is 4.73. The molecule has 0 saturated heterocycles. The van der Waals surface area contributed by atoms with Crippen LogP contribution in [0.4, 0.5) is 10.5 Å². The van der Waals surface area contributed by atoms with Gasteiger partial charge in [-0.25, -0.2) is 4.79 Å². The second-order valence-corrected chi connectivity index (χ2v) is 7.07. The Bertz CT molecular complexity index is 976. The van der Waals surface area contributed by atoms with Crippen LogP contribution in [0.5, 0.6) is 0 Å². The van der Waals surface area contributed by atoms with Crippen molar-refractivity contribution in [1.82, 2.24) is 9.47 Å². The Balaban J connectivity index is 1.62. The van der Waals surface area contributed by atoms with Crippen LogP contribution >= 0.6 is 11.6 Å². The molecule has 4 rings (SSSR count). The highest BCUT2D eigenvalue weighted by atomic mass is 35.5. The fourth-order valence-electron chi connectivity index (χ4n) is 3.58. The van der Waals surface area contributed by atoms with E-state index in [1.54, 1.807) is 6.07 Å². The molecule has 2 amide bonds. The van der Waals surface area contributed by atoms with E-state index >= 15 is 0 Å². The molecule has 5 heteroatoms. The molecule has 1 aromatic heterocycles. The monoisotopic (exact) mass is 353 g/mol. The number of nitrogens with one attached hydrogen (secondary N) is 1. The van der Waals surface area contributed by atoms with Gasteiger partial charge in [0.1, 0.15) is 0 Å². The van der Waals surface area contributed by atoms with Crippen molar-refractivity contribution < 1.29 is 4.79 Å². The van der Waals surface area contributed by atoms with Crippen LogP contribution in [-0.4, -0.2) is 22.0 Å². The highest BCUT2D eigenvalue weighted by Crippen LogP contribution is 2.29. The third kappa shape index (κ3) is 2.87. The lowest BCUT2D eigenvalue weighted by molar-refractivity contribution is 0.210. The zero-order valence-corrected chi connectivity index (χ0v) is 15.1. The summed E-state index contributed by atoms with van der Waals surface area (Å²) in [7, 11) is 2.07. The maximum Gasteiger partial charge on any atom is 0.322 e. The molecule has 0 aliphatic carbocycles. The summed E-state index contributed by atoms with van der Waals surface area (Å²) < 4.78 is 2.17. The van der Waals surface area contributed by atoms with Gasteiger partial charge in [0.25, 0.3) is 0 Å². The highest BCUT2D eigenvalue weighted by molar-refractivity contribution is 6.31. The van der Waals surface area contributed by atoms with E-state index < -0.39 is 0 Å². The summed E-state index contributed by atoms with van der Waals surface area (Å²) >= 11 is 6.06. The quantitative estimate of drug-likeness (QED) is 0.674. The fraction of sp³-hybridized carbons (Fsp3) is 0.250. The van der Waals surface area contributed by atoms with Crippen LogP contribution in [-0.2, 0) is 20.0 Å². The number of anilines is 1. The average Bonchev–Trinajstić information content (AvgIpc) is 2.80. The number of rotatable bonds is 1. The molecule has 3 aromatic rings. The largest absolute Gasteiger partial charge is 0.350 e. The Hall–Kier alpha value is -2.46. The second-order valence-electron chi connectivity index (χ2n) is 6.64. The average molecular weight is 354 g/mol. The molecule has 0 saturated carbocycles. The van der Waals surface area contributed by atoms with Crippen molar-refractivity contribution in [3.63, 3.8) is 0 Å². The van der Waals surface area contributed by atoms with Crippen molar-refractivity contribution >= 4 is 34.2 Å². The van der Waals surface area contributed by atoms with E-state index in [9.17, 15) is 4.79 Å². The van der Waals surface area contributed by atoms with Crippen LogP contribution in [0.2, 0.25) is 5.02 Å². The van der Waals surface area contributed by atoms with Gasteiger partial charge in [0.2, 0.25) is 0 Å². The highest BCUT2D eigenvalue weighted by Gasteiger charge is 2.22. The molecule has 1 aliphatic rings. The Labute approximate surface area is 152 Å². The molecule has 0 unspecified atom stereocenters. The van der Waals surface area contributed by atoms with Crippen molar-refractivity contribution in [1.29, 1.82) is 0 Å². The van der Waals surface area contributed by atoms with Crippen LogP contribution < -0.4 is 5.32 Å². The van der Waals surface area contributed by atoms with Gasteiger partial charge in [0, 0.05) is 47.9 Å². The molecule has 4 nitrogen and oxygen atoms in total. The van der Waals surface area contributed by atoms with Crippen molar-refractivity contribution in [2.45, 2.75) is 19.9 Å². The third-order valence-electron chi connectivity index (χ3n) is 4.92. The van der Waals surface area contributed by atoms with E-state index in [0.29, 0.717) is 18.1 Å². The second kappa shape index (κ2) is 6.12. The Kier molecular flexibility index (Phi) is 3.92. The lowest BCUT2D eigenvalue weighted by Crippen LogP contribution is -2.35. The maximum absolute atomic E-state index is 12.8. The summed E-state index contributed by atoms with van der Waals surface area (Å²) in [5.74, 6) is 0. The SMILES string of the molecule is Cc1ccc(Cl)cc1NC(=O)N1CCc2cn(C)c3cccc(c23)C1. The number of urea groups is 1. The minimum absolute atomic E-state index is 0.0862. The maximum atomic E-state index is 12.8. The topological polar surface area (TPSA) is 37.3 Å². The number of carbonyl (C=O) groups is 1. The third-order valence-corrected chi connectivity index (χ3v) is 5.16. The van der Waals surface area contributed by atoms with Crippen LogP contribution in [0.1, 0.15) is 16.7 Å². The smallest absolute Gasteiger partial charge is 0.322 e. The van der Waals surface area contributed by atoms with E-state index in [2.05, 4.69) is 41.3 Å². The van der Waals surface area contributed by atoms with Crippen molar-refractivity contribution in [2.24, 2.45) is 7.05 Å². The molecule has 2 aromatic carbocycles. The van der Waals surface area contributed by atoms with Gasteiger partial charge in [-0.1, -0.05) is 29.8 Å². The van der Waals surface area contributed by atoms with Gasteiger partial charge in [-0.15, -0.1) is 0 Å². The Morgan fingerprint density at radius 1 is 1.20 bits per heavy atom. The van der Waals surface area contributed by atoms with E-state index in [-0.39, 0.29) is 6.03 Å². The van der Waals surface area contributed by atoms with Gasteiger partial charge in [-0.2, -0.15) is 0 Å². The van der Waals surface area contributed by atoms with Crippen LogP contribution in [0.15, 0.2) is 42.6 Å². The van der Waals surface area contributed by atoms with Gasteiger partial charge < -0.3 is 14.8 Å². The van der Waals surface area contributed by atoms with Crippen molar-refractivity contribution in [3.8, 4) is 0 Å². The van der Waals surface area contributed by atoms with Crippen LogP contribution in [0.25, 0.3) is 10.9 Å².